The van der Waals surface area contributed by atoms with Crippen LogP contribution in [0.4, 0.5) is 13.2 Å². The van der Waals surface area contributed by atoms with Crippen LogP contribution in [0.25, 0.3) is 0 Å². The van der Waals surface area contributed by atoms with Crippen molar-refractivity contribution in [2.24, 2.45) is 0 Å². The Morgan fingerprint density at radius 3 is 2.27 bits per heavy atom. The van der Waals surface area contributed by atoms with E-state index in [9.17, 15) is 13.2 Å². The molecule has 0 amide bonds. The van der Waals surface area contributed by atoms with Crippen molar-refractivity contribution in [3.63, 3.8) is 0 Å². The Hall–Kier alpha value is -1.70. The van der Waals surface area contributed by atoms with Crippen molar-refractivity contribution in [2.75, 3.05) is 6.61 Å². The summed E-state index contributed by atoms with van der Waals surface area (Å²) >= 11 is 0. The van der Waals surface area contributed by atoms with Crippen LogP contribution in [0, 0.1) is 35.7 Å². The van der Waals surface area contributed by atoms with Crippen LogP contribution in [0.15, 0.2) is 0 Å². The summed E-state index contributed by atoms with van der Waals surface area (Å²) in [6, 6.07) is 1.38. The Morgan fingerprint density at radius 2 is 1.80 bits per heavy atom. The Balaban J connectivity index is 3.56. The second-order valence-electron chi connectivity index (χ2n) is 2.82. The van der Waals surface area contributed by atoms with Gasteiger partial charge in [0.2, 0.25) is 0 Å². The Kier molecular flexibility index (Phi) is 3.20. The first-order valence-electron chi connectivity index (χ1n) is 4.24. The summed E-state index contributed by atoms with van der Waals surface area (Å²) in [5.41, 5.74) is -1.23. The largest absolute Gasteiger partial charge is 0.489 e. The third-order valence-electron chi connectivity index (χ3n) is 1.90. The van der Waals surface area contributed by atoms with Gasteiger partial charge in [-0.05, 0) is 13.8 Å². The number of nitriles is 1. The molecular formula is C10H8F3NO. The first-order chi connectivity index (χ1) is 7.04. The molecule has 0 bridgehead atoms. The van der Waals surface area contributed by atoms with Crippen molar-refractivity contribution in [2.45, 2.75) is 13.8 Å². The Labute approximate surface area is 84.9 Å². The maximum atomic E-state index is 13.4. The summed E-state index contributed by atoms with van der Waals surface area (Å²) in [5, 5.41) is 8.56. The predicted octanol–water partition coefficient (Wildman–Crippen LogP) is 2.68. The summed E-state index contributed by atoms with van der Waals surface area (Å²) in [5.74, 6) is -4.30. The molecule has 0 aliphatic heterocycles. The molecule has 0 spiro atoms. The van der Waals surface area contributed by atoms with E-state index in [1.54, 1.807) is 6.92 Å². The fourth-order valence-electron chi connectivity index (χ4n) is 1.13. The summed E-state index contributed by atoms with van der Waals surface area (Å²) in [6.45, 7) is 2.70. The van der Waals surface area contributed by atoms with Crippen molar-refractivity contribution in [1.29, 1.82) is 5.26 Å². The lowest BCUT2D eigenvalue weighted by Gasteiger charge is -2.10. The molecule has 0 saturated carbocycles. The lowest BCUT2D eigenvalue weighted by molar-refractivity contribution is 0.313. The molecular weight excluding hydrogens is 207 g/mol. The zero-order valence-electron chi connectivity index (χ0n) is 8.20. The highest BCUT2D eigenvalue weighted by Crippen LogP contribution is 2.30. The minimum atomic E-state index is -1.38. The third-order valence-corrected chi connectivity index (χ3v) is 1.90. The minimum Gasteiger partial charge on any atom is -0.489 e. The lowest BCUT2D eigenvalue weighted by atomic mass is 10.1. The lowest BCUT2D eigenvalue weighted by Crippen LogP contribution is -2.05. The normalized spacial score (nSPS) is 9.87. The molecule has 0 aromatic heterocycles. The smallest absolute Gasteiger partial charge is 0.180 e. The van der Waals surface area contributed by atoms with Gasteiger partial charge in [0.1, 0.15) is 11.6 Å². The van der Waals surface area contributed by atoms with Crippen LogP contribution in [0.5, 0.6) is 5.75 Å². The minimum absolute atomic E-state index is 0.0656. The molecule has 0 N–H and O–H groups in total. The molecule has 1 aromatic rings. The maximum absolute atomic E-state index is 13.4. The average molecular weight is 215 g/mol. The molecule has 1 aromatic carbocycles. The summed E-state index contributed by atoms with van der Waals surface area (Å²) < 4.78 is 44.4. The van der Waals surface area contributed by atoms with Crippen molar-refractivity contribution in [3.05, 3.63) is 28.6 Å². The highest BCUT2D eigenvalue weighted by Gasteiger charge is 2.23. The molecule has 15 heavy (non-hydrogen) atoms. The Morgan fingerprint density at radius 1 is 1.20 bits per heavy atom. The molecule has 0 unspecified atom stereocenters. The van der Waals surface area contributed by atoms with E-state index in [-0.39, 0.29) is 6.61 Å². The summed E-state index contributed by atoms with van der Waals surface area (Å²) in [7, 11) is 0. The zero-order valence-corrected chi connectivity index (χ0v) is 8.20. The molecule has 0 radical (unpaired) electrons. The van der Waals surface area contributed by atoms with Crippen LogP contribution in [-0.2, 0) is 0 Å². The van der Waals surface area contributed by atoms with E-state index in [1.807, 2.05) is 0 Å². The van der Waals surface area contributed by atoms with E-state index < -0.39 is 34.3 Å². The molecule has 0 heterocycles. The molecule has 2 nitrogen and oxygen atoms in total. The van der Waals surface area contributed by atoms with Crippen LogP contribution >= 0.6 is 0 Å². The van der Waals surface area contributed by atoms with Crippen molar-refractivity contribution >= 4 is 0 Å². The van der Waals surface area contributed by atoms with Gasteiger partial charge in [-0.25, -0.2) is 13.2 Å². The highest BCUT2D eigenvalue weighted by atomic mass is 19.2. The van der Waals surface area contributed by atoms with Gasteiger partial charge in [-0.2, -0.15) is 5.26 Å². The van der Waals surface area contributed by atoms with Crippen molar-refractivity contribution in [3.8, 4) is 11.8 Å². The number of rotatable bonds is 2. The topological polar surface area (TPSA) is 33.0 Å². The molecule has 1 rings (SSSR count). The number of ether oxygens (including phenoxy) is 1. The van der Waals surface area contributed by atoms with Gasteiger partial charge in [0, 0.05) is 5.56 Å². The summed E-state index contributed by atoms with van der Waals surface area (Å²) in [6.07, 6.45) is 0. The first-order valence-corrected chi connectivity index (χ1v) is 4.24. The predicted molar refractivity (Wildman–Crippen MR) is 46.9 cm³/mol. The monoisotopic (exact) mass is 215 g/mol. The molecule has 0 atom stereocenters. The molecule has 0 aliphatic rings. The van der Waals surface area contributed by atoms with Gasteiger partial charge in [0.15, 0.2) is 23.2 Å². The molecule has 0 saturated heterocycles. The van der Waals surface area contributed by atoms with E-state index in [0.29, 0.717) is 0 Å². The number of benzene rings is 1. The van der Waals surface area contributed by atoms with Gasteiger partial charge in [-0.1, -0.05) is 0 Å². The zero-order chi connectivity index (χ0) is 11.6. The van der Waals surface area contributed by atoms with Gasteiger partial charge >= 0.3 is 0 Å². The Bertz CT molecular complexity index is 438. The van der Waals surface area contributed by atoms with Crippen molar-refractivity contribution in [1.82, 2.24) is 0 Å². The van der Waals surface area contributed by atoms with E-state index in [4.69, 9.17) is 10.00 Å². The molecule has 5 heteroatoms. The maximum Gasteiger partial charge on any atom is 0.180 e. The van der Waals surface area contributed by atoms with Crippen LogP contribution in [0.3, 0.4) is 0 Å². The molecule has 0 fully saturated rings. The third kappa shape index (κ3) is 1.75. The highest BCUT2D eigenvalue weighted by molar-refractivity contribution is 5.48. The second kappa shape index (κ2) is 4.22. The van der Waals surface area contributed by atoms with Crippen LogP contribution in [0.1, 0.15) is 18.1 Å². The second-order valence-corrected chi connectivity index (χ2v) is 2.82. The van der Waals surface area contributed by atoms with Crippen LogP contribution < -0.4 is 4.74 Å². The fourth-order valence-corrected chi connectivity index (χ4v) is 1.13. The fraction of sp³-hybridized carbons (Fsp3) is 0.300. The van der Waals surface area contributed by atoms with Crippen molar-refractivity contribution < 1.29 is 17.9 Å². The van der Waals surface area contributed by atoms with Gasteiger partial charge in [0.25, 0.3) is 0 Å². The van der Waals surface area contributed by atoms with Gasteiger partial charge < -0.3 is 4.74 Å². The molecule has 0 aliphatic carbocycles. The standard InChI is InChI=1S/C10H8F3NO/c1-3-15-10-6(4-14)9(13)7(11)5(2)8(10)12/h3H2,1-2H3. The number of nitrogens with zero attached hydrogens (tertiary/aromatic N) is 1. The first kappa shape index (κ1) is 11.4. The average Bonchev–Trinajstić information content (AvgIpc) is 2.24. The van der Waals surface area contributed by atoms with E-state index >= 15 is 0 Å². The number of hydrogen-bond donors (Lipinski definition) is 0. The SMILES string of the molecule is CCOc1c(F)c(C)c(F)c(F)c1C#N. The van der Waals surface area contributed by atoms with Gasteiger partial charge in [-0.15, -0.1) is 0 Å². The van der Waals surface area contributed by atoms with Gasteiger partial charge in [0.05, 0.1) is 6.61 Å². The quantitative estimate of drug-likeness (QED) is 0.710. The van der Waals surface area contributed by atoms with E-state index in [0.717, 1.165) is 6.92 Å². The van der Waals surface area contributed by atoms with Crippen LogP contribution in [-0.4, -0.2) is 6.61 Å². The van der Waals surface area contributed by atoms with Crippen LogP contribution in [0.2, 0.25) is 0 Å². The van der Waals surface area contributed by atoms with Gasteiger partial charge in [-0.3, -0.25) is 0 Å². The number of halogens is 3. The van der Waals surface area contributed by atoms with E-state index in [1.165, 1.54) is 6.07 Å². The number of hydrogen-bond acceptors (Lipinski definition) is 2. The van der Waals surface area contributed by atoms with E-state index in [2.05, 4.69) is 0 Å². The summed E-state index contributed by atoms with van der Waals surface area (Å²) in [4.78, 5) is 0. The molecule has 80 valence electrons.